The minimum Gasteiger partial charge on any atom is -0.507 e. The van der Waals surface area contributed by atoms with E-state index >= 15 is 0 Å². The Hall–Kier alpha value is -3.19. The number of aliphatic hydroxyl groups excluding tert-OH is 1. The largest absolute Gasteiger partial charge is 0.507 e. The van der Waals surface area contributed by atoms with Crippen molar-refractivity contribution in [2.45, 2.75) is 32.5 Å². The third-order valence-electron chi connectivity index (χ3n) is 4.43. The zero-order chi connectivity index (χ0) is 19.9. The Morgan fingerprint density at radius 3 is 2.37 bits per heavy atom. The quantitative estimate of drug-likeness (QED) is 0.414. The number of phenolic OH excluding ortho intramolecular Hbond substituents is 4. The van der Waals surface area contributed by atoms with Gasteiger partial charge in [0.15, 0.2) is 23.7 Å². The summed E-state index contributed by atoms with van der Waals surface area (Å²) < 4.78 is 5.81. The van der Waals surface area contributed by atoms with Gasteiger partial charge in [-0.25, -0.2) is 0 Å². The third-order valence-corrected chi connectivity index (χ3v) is 4.43. The second-order valence-electron chi connectivity index (χ2n) is 6.68. The Morgan fingerprint density at radius 1 is 1.04 bits per heavy atom. The van der Waals surface area contributed by atoms with Gasteiger partial charge in [-0.1, -0.05) is 17.7 Å². The second-order valence-corrected chi connectivity index (χ2v) is 6.68. The maximum absolute atomic E-state index is 12.7. The molecule has 7 heteroatoms. The third kappa shape index (κ3) is 3.29. The summed E-state index contributed by atoms with van der Waals surface area (Å²) in [6.45, 7) is 3.75. The van der Waals surface area contributed by atoms with Crippen LogP contribution in [-0.4, -0.2) is 37.4 Å². The lowest BCUT2D eigenvalue weighted by Gasteiger charge is -2.31. The number of aliphatic hydroxyl groups is 1. The Kier molecular flexibility index (Phi) is 4.72. The van der Waals surface area contributed by atoms with E-state index in [0.29, 0.717) is 5.56 Å². The number of hydrogen-bond acceptors (Lipinski definition) is 7. The molecule has 0 unspecified atom stereocenters. The number of hydrogen-bond donors (Lipinski definition) is 5. The summed E-state index contributed by atoms with van der Waals surface area (Å²) in [5, 5.41) is 49.9. The summed E-state index contributed by atoms with van der Waals surface area (Å²) in [6.07, 6.45) is -0.725. The molecule has 0 radical (unpaired) electrons. The molecule has 142 valence electrons. The van der Waals surface area contributed by atoms with Crippen LogP contribution in [0.3, 0.4) is 0 Å². The molecule has 0 saturated carbocycles. The van der Waals surface area contributed by atoms with Crippen LogP contribution in [0.25, 0.3) is 0 Å². The number of carbonyl (C=O) groups is 1. The predicted octanol–water partition coefficient (Wildman–Crippen LogP) is 2.70. The first-order valence-electron chi connectivity index (χ1n) is 8.32. The molecule has 1 aliphatic rings. The van der Waals surface area contributed by atoms with Crippen LogP contribution in [0.15, 0.2) is 35.9 Å². The van der Waals surface area contributed by atoms with Crippen molar-refractivity contribution in [2.75, 3.05) is 0 Å². The first-order valence-corrected chi connectivity index (χ1v) is 8.32. The lowest BCUT2D eigenvalue weighted by molar-refractivity contribution is 0.0205. The molecule has 1 heterocycles. The smallest absolute Gasteiger partial charge is 0.202 e. The fraction of sp³-hybridized carbons (Fsp3) is 0.250. The van der Waals surface area contributed by atoms with E-state index in [4.69, 9.17) is 4.74 Å². The Balaban J connectivity index is 2.14. The summed E-state index contributed by atoms with van der Waals surface area (Å²) in [6, 6.07) is 4.85. The molecule has 0 fully saturated rings. The second kappa shape index (κ2) is 6.85. The van der Waals surface area contributed by atoms with Gasteiger partial charge in [0.2, 0.25) is 5.78 Å². The number of phenols is 4. The molecule has 3 rings (SSSR count). The van der Waals surface area contributed by atoms with Gasteiger partial charge in [-0.3, -0.25) is 4.79 Å². The van der Waals surface area contributed by atoms with Crippen LogP contribution in [0.4, 0.5) is 0 Å². The van der Waals surface area contributed by atoms with Crippen molar-refractivity contribution in [3.63, 3.8) is 0 Å². The van der Waals surface area contributed by atoms with Crippen LogP contribution in [-0.2, 0) is 6.42 Å². The number of aromatic hydroxyl groups is 4. The van der Waals surface area contributed by atoms with Crippen molar-refractivity contribution < 1.29 is 35.1 Å². The van der Waals surface area contributed by atoms with Gasteiger partial charge in [-0.05, 0) is 38.0 Å². The van der Waals surface area contributed by atoms with Gasteiger partial charge in [0.1, 0.15) is 22.8 Å². The van der Waals surface area contributed by atoms with Crippen molar-refractivity contribution in [2.24, 2.45) is 0 Å². The normalized spacial score (nSPS) is 18.6. The molecule has 2 aromatic rings. The van der Waals surface area contributed by atoms with Crippen molar-refractivity contribution >= 4 is 5.78 Å². The van der Waals surface area contributed by atoms with Crippen LogP contribution in [0.5, 0.6) is 28.7 Å². The average molecular weight is 372 g/mol. The van der Waals surface area contributed by atoms with E-state index in [2.05, 4.69) is 0 Å². The Morgan fingerprint density at radius 2 is 1.74 bits per heavy atom. The minimum atomic E-state index is -1.63. The van der Waals surface area contributed by atoms with Gasteiger partial charge in [-0.2, -0.15) is 0 Å². The van der Waals surface area contributed by atoms with Gasteiger partial charge < -0.3 is 30.3 Å². The van der Waals surface area contributed by atoms with E-state index in [1.54, 1.807) is 0 Å². The van der Waals surface area contributed by atoms with Crippen LogP contribution in [0.1, 0.15) is 41.4 Å². The van der Waals surface area contributed by atoms with Crippen LogP contribution < -0.4 is 4.74 Å². The number of benzene rings is 2. The average Bonchev–Trinajstić information content (AvgIpc) is 2.59. The zero-order valence-corrected chi connectivity index (χ0v) is 14.8. The summed E-state index contributed by atoms with van der Waals surface area (Å²) in [5.74, 6) is -2.28. The molecule has 0 saturated heterocycles. The maximum atomic E-state index is 12.7. The predicted molar refractivity (Wildman–Crippen MR) is 96.4 cm³/mol. The first kappa shape index (κ1) is 18.6. The summed E-state index contributed by atoms with van der Waals surface area (Å²) >= 11 is 0. The highest BCUT2D eigenvalue weighted by Gasteiger charge is 2.40. The zero-order valence-electron chi connectivity index (χ0n) is 14.8. The standard InChI is InChI=1S/C20H20O7/c1-9(2)3-5-11-13(22)8-15(24)16-17(25)18(26)19(27-20(11)16)10-4-6-12(21)14(23)7-10/h3-4,6-8,18-19,21-24,26H,5H2,1-2H3/t18-,19+/m0/s1. The molecule has 0 aliphatic carbocycles. The highest BCUT2D eigenvalue weighted by atomic mass is 16.5. The van der Waals surface area contributed by atoms with Gasteiger partial charge >= 0.3 is 0 Å². The molecule has 2 atom stereocenters. The van der Waals surface area contributed by atoms with Crippen molar-refractivity contribution in [1.29, 1.82) is 0 Å². The maximum Gasteiger partial charge on any atom is 0.202 e. The monoisotopic (exact) mass is 372 g/mol. The number of ether oxygens (including phenoxy) is 1. The number of allylic oxidation sites excluding steroid dienone is 2. The van der Waals surface area contributed by atoms with Crippen LogP contribution in [0.2, 0.25) is 0 Å². The lowest BCUT2D eigenvalue weighted by Crippen LogP contribution is -2.36. The van der Waals surface area contributed by atoms with Crippen molar-refractivity contribution in [3.05, 3.63) is 52.6 Å². The van der Waals surface area contributed by atoms with E-state index in [0.717, 1.165) is 11.6 Å². The number of rotatable bonds is 3. The molecule has 27 heavy (non-hydrogen) atoms. The van der Waals surface area contributed by atoms with E-state index < -0.39 is 29.5 Å². The highest BCUT2D eigenvalue weighted by Crippen LogP contribution is 2.46. The fourth-order valence-corrected chi connectivity index (χ4v) is 2.99. The molecule has 5 N–H and O–H groups in total. The van der Waals surface area contributed by atoms with Gasteiger partial charge in [-0.15, -0.1) is 0 Å². The van der Waals surface area contributed by atoms with E-state index in [1.165, 1.54) is 18.2 Å². The van der Waals surface area contributed by atoms with Crippen molar-refractivity contribution in [3.8, 4) is 28.7 Å². The Bertz CT molecular complexity index is 942. The molecular weight excluding hydrogens is 352 g/mol. The summed E-state index contributed by atoms with van der Waals surface area (Å²) in [4.78, 5) is 12.7. The number of ketones is 1. The molecular formula is C20H20O7. The summed E-state index contributed by atoms with van der Waals surface area (Å²) in [7, 11) is 0. The van der Waals surface area contributed by atoms with Crippen molar-refractivity contribution in [1.82, 2.24) is 0 Å². The number of fused-ring (bicyclic) bond motifs is 1. The van der Waals surface area contributed by atoms with Crippen LogP contribution in [0, 0.1) is 0 Å². The van der Waals surface area contributed by atoms with E-state index in [1.807, 2.05) is 19.9 Å². The molecule has 0 amide bonds. The molecule has 0 aromatic heterocycles. The van der Waals surface area contributed by atoms with E-state index in [-0.39, 0.29) is 34.8 Å². The minimum absolute atomic E-state index is 0.0159. The molecule has 7 nitrogen and oxygen atoms in total. The topological polar surface area (TPSA) is 127 Å². The molecule has 0 bridgehead atoms. The number of Topliss-reactive ketones (excluding diaryl/α,β-unsaturated/α-hetero) is 1. The highest BCUT2D eigenvalue weighted by molar-refractivity contribution is 6.06. The van der Waals surface area contributed by atoms with Gasteiger partial charge in [0.05, 0.1) is 0 Å². The van der Waals surface area contributed by atoms with Gasteiger partial charge in [0, 0.05) is 11.6 Å². The lowest BCUT2D eigenvalue weighted by atomic mass is 9.90. The molecule has 0 spiro atoms. The first-order chi connectivity index (χ1) is 12.7. The fourth-order valence-electron chi connectivity index (χ4n) is 2.99. The molecule has 1 aliphatic heterocycles. The van der Waals surface area contributed by atoms with E-state index in [9.17, 15) is 30.3 Å². The Labute approximate surface area is 155 Å². The van der Waals surface area contributed by atoms with Gasteiger partial charge in [0.25, 0.3) is 0 Å². The number of carbonyl (C=O) groups excluding carboxylic acids is 1. The SMILES string of the molecule is CC(C)=CCc1c(O)cc(O)c2c1O[C@H](c1ccc(O)c(O)c1)[C@@H](O)C2=O. The van der Waals surface area contributed by atoms with Crippen LogP contribution >= 0.6 is 0 Å². The molecule has 2 aromatic carbocycles. The summed E-state index contributed by atoms with van der Waals surface area (Å²) in [5.41, 5.74) is 1.35.